The third-order valence-corrected chi connectivity index (χ3v) is 8.66. The van der Waals surface area contributed by atoms with Crippen LogP contribution in [0.4, 0.5) is 0 Å². The number of para-hydroxylation sites is 4. The summed E-state index contributed by atoms with van der Waals surface area (Å²) in [4.78, 5) is 8.17. The molecule has 230 valence electrons. The number of rotatable bonds is 6. The molecule has 0 spiro atoms. The van der Waals surface area contributed by atoms with Crippen LogP contribution in [0.1, 0.15) is 20.8 Å². The Hall–Kier alpha value is -5.74. The highest BCUT2D eigenvalue weighted by molar-refractivity contribution is 6.12. The highest BCUT2D eigenvalue weighted by Crippen LogP contribution is 2.38. The summed E-state index contributed by atoms with van der Waals surface area (Å²) in [5.41, 5.74) is 9.73. The molecular formula is C43H38N4. The van der Waals surface area contributed by atoms with Crippen LogP contribution in [0, 0.1) is 0 Å². The number of hydrogen-bond acceptors (Lipinski definition) is 2. The minimum atomic E-state index is 0.339. The second-order valence-electron chi connectivity index (χ2n) is 11.7. The van der Waals surface area contributed by atoms with Gasteiger partial charge in [-0.25, -0.2) is 0 Å². The fourth-order valence-corrected chi connectivity index (χ4v) is 6.58. The number of aromatic nitrogens is 2. The van der Waals surface area contributed by atoms with E-state index in [0.717, 1.165) is 6.54 Å². The van der Waals surface area contributed by atoms with Gasteiger partial charge in [-0.15, -0.1) is 0 Å². The molecule has 6 aromatic carbocycles. The van der Waals surface area contributed by atoms with Gasteiger partial charge in [0.15, 0.2) is 0 Å². The van der Waals surface area contributed by atoms with E-state index in [0.29, 0.717) is 6.04 Å². The maximum Gasteiger partial charge on any atom is 0.0662 e. The molecule has 0 fully saturated rings. The zero-order valence-corrected chi connectivity index (χ0v) is 27.1. The molecule has 8 aromatic rings. The van der Waals surface area contributed by atoms with Crippen molar-refractivity contribution in [3.05, 3.63) is 146 Å². The molecule has 47 heavy (non-hydrogen) atoms. The van der Waals surface area contributed by atoms with Crippen molar-refractivity contribution in [2.75, 3.05) is 6.54 Å². The van der Waals surface area contributed by atoms with E-state index in [4.69, 9.17) is 0 Å². The normalized spacial score (nSPS) is 12.4. The van der Waals surface area contributed by atoms with Crippen molar-refractivity contribution < 1.29 is 0 Å². The summed E-state index contributed by atoms with van der Waals surface area (Å²) in [6.07, 6.45) is 3.62. The molecule has 0 saturated heterocycles. The zero-order chi connectivity index (χ0) is 32.2. The second-order valence-corrected chi connectivity index (χ2v) is 11.7. The highest BCUT2D eigenvalue weighted by Gasteiger charge is 2.15. The lowest BCUT2D eigenvalue weighted by atomic mass is 10.0. The van der Waals surface area contributed by atoms with Gasteiger partial charge in [0.25, 0.3) is 0 Å². The Balaban J connectivity index is 0.000000345. The molecule has 0 N–H and O–H groups in total. The van der Waals surface area contributed by atoms with Crippen molar-refractivity contribution >= 4 is 56.0 Å². The van der Waals surface area contributed by atoms with E-state index in [1.54, 1.807) is 0 Å². The van der Waals surface area contributed by atoms with Gasteiger partial charge in [-0.1, -0.05) is 84.9 Å². The van der Waals surface area contributed by atoms with Crippen LogP contribution in [0.15, 0.2) is 156 Å². The van der Waals surface area contributed by atoms with E-state index in [-0.39, 0.29) is 0 Å². The van der Waals surface area contributed by atoms with Crippen molar-refractivity contribution in [3.8, 4) is 22.5 Å². The van der Waals surface area contributed by atoms with Crippen LogP contribution in [0.5, 0.6) is 0 Å². The molecule has 0 aliphatic heterocycles. The molecule has 4 heteroatoms. The molecule has 2 heterocycles. The van der Waals surface area contributed by atoms with E-state index >= 15 is 0 Å². The molecule has 0 aliphatic rings. The van der Waals surface area contributed by atoms with E-state index in [9.17, 15) is 0 Å². The summed E-state index contributed by atoms with van der Waals surface area (Å²) < 4.78 is 4.73. The topological polar surface area (TPSA) is 34.6 Å². The smallest absolute Gasteiger partial charge is 0.0662 e. The van der Waals surface area contributed by atoms with E-state index in [2.05, 4.69) is 165 Å². The summed E-state index contributed by atoms with van der Waals surface area (Å²) in [7, 11) is 0. The predicted octanol–water partition coefficient (Wildman–Crippen LogP) is 11.1. The third-order valence-electron chi connectivity index (χ3n) is 8.66. The molecule has 2 aromatic heterocycles. The van der Waals surface area contributed by atoms with Crippen molar-refractivity contribution in [2.24, 2.45) is 9.98 Å². The number of benzene rings is 6. The number of hydrogen-bond donors (Lipinski definition) is 0. The first-order chi connectivity index (χ1) is 23.2. The highest BCUT2D eigenvalue weighted by atomic mass is 15.0. The van der Waals surface area contributed by atoms with Gasteiger partial charge in [0.1, 0.15) is 0 Å². The average Bonchev–Trinajstić information content (AvgIpc) is 3.64. The van der Waals surface area contributed by atoms with Crippen LogP contribution >= 0.6 is 0 Å². The molecule has 1 atom stereocenters. The van der Waals surface area contributed by atoms with Crippen LogP contribution in [-0.2, 0) is 0 Å². The summed E-state index contributed by atoms with van der Waals surface area (Å²) in [6, 6.07) is 52.8. The molecule has 0 aliphatic carbocycles. The lowest BCUT2D eigenvalue weighted by Crippen LogP contribution is -2.01. The van der Waals surface area contributed by atoms with Crippen LogP contribution in [-0.4, -0.2) is 34.1 Å². The molecule has 0 bridgehead atoms. The number of fused-ring (bicyclic) bond motifs is 6. The Morgan fingerprint density at radius 1 is 0.489 bits per heavy atom. The zero-order valence-electron chi connectivity index (χ0n) is 27.1. The van der Waals surface area contributed by atoms with Gasteiger partial charge in [0, 0.05) is 32.9 Å². The van der Waals surface area contributed by atoms with Crippen LogP contribution < -0.4 is 0 Å². The standard InChI is InChI=1S/C36H24N2.C7H14N2/c1-3-11-27(12-4-1)37-33-17-9-7-15-29(33)31-23-25(19-21-35(31)37)26-20-22-36-32(24-26)30-16-8-10-18-34(30)38(36)28-13-5-2-6-14-28;1-4-8-6-7(3)9-5-2/h1-24H;4-5,7H,6H2,1-3H3. The van der Waals surface area contributed by atoms with E-state index in [1.807, 2.05) is 33.2 Å². The average molecular weight is 611 g/mol. The Morgan fingerprint density at radius 3 is 1.36 bits per heavy atom. The molecule has 8 rings (SSSR count). The number of nitrogens with zero attached hydrogens (tertiary/aromatic N) is 4. The SMILES string of the molecule is CC=NCC(C)N=CC.c1ccc(-n2c3ccccc3c3cc(-c4ccc5c(c4)c4ccccc4n5-c4ccccc4)ccc32)cc1. The molecule has 0 saturated carbocycles. The van der Waals surface area contributed by atoms with Crippen LogP contribution in [0.3, 0.4) is 0 Å². The minimum absolute atomic E-state index is 0.339. The third kappa shape index (κ3) is 5.75. The number of aliphatic imine (C=N–C) groups is 2. The maximum absolute atomic E-state index is 4.12. The summed E-state index contributed by atoms with van der Waals surface area (Å²) in [5.74, 6) is 0. The fourth-order valence-electron chi connectivity index (χ4n) is 6.58. The largest absolute Gasteiger partial charge is 0.309 e. The molecule has 1 unspecified atom stereocenters. The first-order valence-electron chi connectivity index (χ1n) is 16.3. The van der Waals surface area contributed by atoms with Gasteiger partial charge in [0.2, 0.25) is 0 Å². The summed E-state index contributed by atoms with van der Waals surface area (Å²) in [5, 5.41) is 5.09. The predicted molar refractivity (Wildman–Crippen MR) is 203 cm³/mol. The Labute approximate surface area is 276 Å². The monoisotopic (exact) mass is 610 g/mol. The lowest BCUT2D eigenvalue weighted by Gasteiger charge is -2.09. The van der Waals surface area contributed by atoms with Gasteiger partial charge in [-0.05, 0) is 105 Å². The molecule has 4 nitrogen and oxygen atoms in total. The Bertz CT molecular complexity index is 2200. The quantitative estimate of drug-likeness (QED) is 0.168. The fraction of sp³-hybridized carbons (Fsp3) is 0.116. The first-order valence-corrected chi connectivity index (χ1v) is 16.3. The Kier molecular flexibility index (Phi) is 8.48. The van der Waals surface area contributed by atoms with Crippen molar-refractivity contribution in [3.63, 3.8) is 0 Å². The summed E-state index contributed by atoms with van der Waals surface area (Å²) >= 11 is 0. The molecule has 0 amide bonds. The summed E-state index contributed by atoms with van der Waals surface area (Å²) in [6.45, 7) is 6.70. The second kappa shape index (κ2) is 13.3. The van der Waals surface area contributed by atoms with Gasteiger partial charge in [-0.3, -0.25) is 9.98 Å². The molecular weight excluding hydrogens is 573 g/mol. The Morgan fingerprint density at radius 2 is 0.915 bits per heavy atom. The molecule has 0 radical (unpaired) electrons. The van der Waals surface area contributed by atoms with Crippen molar-refractivity contribution in [2.45, 2.75) is 26.8 Å². The van der Waals surface area contributed by atoms with Gasteiger partial charge >= 0.3 is 0 Å². The van der Waals surface area contributed by atoms with Gasteiger partial charge < -0.3 is 9.13 Å². The minimum Gasteiger partial charge on any atom is -0.309 e. The maximum atomic E-state index is 4.12. The first kappa shape index (κ1) is 29.9. The van der Waals surface area contributed by atoms with Crippen LogP contribution in [0.2, 0.25) is 0 Å². The lowest BCUT2D eigenvalue weighted by molar-refractivity contribution is 0.760. The van der Waals surface area contributed by atoms with Crippen LogP contribution in [0.25, 0.3) is 66.1 Å². The van der Waals surface area contributed by atoms with Crippen molar-refractivity contribution in [1.82, 2.24) is 9.13 Å². The van der Waals surface area contributed by atoms with Gasteiger partial charge in [-0.2, -0.15) is 0 Å². The van der Waals surface area contributed by atoms with E-state index < -0.39 is 0 Å². The van der Waals surface area contributed by atoms with E-state index in [1.165, 1.54) is 66.1 Å². The van der Waals surface area contributed by atoms with Gasteiger partial charge in [0.05, 0.1) is 34.7 Å². The van der Waals surface area contributed by atoms with Crippen molar-refractivity contribution in [1.29, 1.82) is 0 Å².